The van der Waals surface area contributed by atoms with E-state index in [4.69, 9.17) is 14.5 Å². The van der Waals surface area contributed by atoms with Crippen molar-refractivity contribution in [2.24, 2.45) is 0 Å². The largest absolute Gasteiger partial charge is 0.444 e. The molecule has 10 nitrogen and oxygen atoms in total. The zero-order valence-corrected chi connectivity index (χ0v) is 28.7. The van der Waals surface area contributed by atoms with Gasteiger partial charge in [-0.25, -0.2) is 19.6 Å². The Morgan fingerprint density at radius 2 is 1.70 bits per heavy atom. The van der Waals surface area contributed by atoms with Gasteiger partial charge >= 0.3 is 12.2 Å². The van der Waals surface area contributed by atoms with E-state index in [0.717, 1.165) is 52.8 Å². The van der Waals surface area contributed by atoms with Gasteiger partial charge in [0.1, 0.15) is 28.5 Å². The van der Waals surface area contributed by atoms with E-state index in [2.05, 4.69) is 38.9 Å². The number of aromatic amines is 2. The monoisotopic (exact) mass is 638 g/mol. The molecule has 1 aliphatic rings. The normalized spacial score (nSPS) is 15.7. The average Bonchev–Trinajstić information content (AvgIpc) is 3.76. The second kappa shape index (κ2) is 13.5. The van der Waals surface area contributed by atoms with Crippen LogP contribution in [-0.4, -0.2) is 66.2 Å². The van der Waals surface area contributed by atoms with Crippen LogP contribution in [0.15, 0.2) is 48.7 Å². The van der Waals surface area contributed by atoms with Crippen LogP contribution in [0.3, 0.4) is 0 Å². The maximum absolute atomic E-state index is 12.8. The molecule has 1 saturated heterocycles. The smallest absolute Gasteiger partial charge is 0.410 e. The van der Waals surface area contributed by atoms with Gasteiger partial charge in [0.25, 0.3) is 0 Å². The minimum Gasteiger partial charge on any atom is -0.444 e. The van der Waals surface area contributed by atoms with E-state index in [1.54, 1.807) is 16.0 Å². The van der Waals surface area contributed by atoms with Gasteiger partial charge in [-0.2, -0.15) is 0 Å². The van der Waals surface area contributed by atoms with Crippen LogP contribution < -0.4 is 0 Å². The SMILES string of the molecule is CCCN(C(=O)OC(C)(C)C)[C@@H](C)c1ncc(C#Cc2ccc(-c3ccc4nc([C@@H]5CCCN5C(=O)OC(C)(C)C)[nH]c4c3)cc2)[nH]1. The first-order chi connectivity index (χ1) is 22.2. The second-order valence-corrected chi connectivity index (χ2v) is 14.0. The molecule has 2 aromatic carbocycles. The van der Waals surface area contributed by atoms with E-state index in [9.17, 15) is 9.59 Å². The average molecular weight is 639 g/mol. The highest BCUT2D eigenvalue weighted by atomic mass is 16.6. The van der Waals surface area contributed by atoms with Gasteiger partial charge in [-0.3, -0.25) is 9.80 Å². The standard InChI is InChI=1S/C37H46N6O4/c1-9-20-42(34(44)46-36(3,4)5)24(2)32-38-23-28(39-32)18-14-25-12-15-26(16-13-25)27-17-19-29-30(22-27)41-33(40-29)31-11-10-21-43(31)35(45)47-37(6,7)8/h12-13,15-17,19,22-24,31H,9-11,20-21H2,1-8H3,(H,38,39)(H,40,41)/t24-,31-/m0/s1. The van der Waals surface area contributed by atoms with Gasteiger partial charge in [-0.05, 0) is 109 Å². The third kappa shape index (κ3) is 8.33. The first kappa shape index (κ1) is 33.6. The molecule has 2 atom stereocenters. The highest BCUT2D eigenvalue weighted by molar-refractivity contribution is 5.82. The van der Waals surface area contributed by atoms with Crippen molar-refractivity contribution in [2.45, 2.75) is 97.9 Å². The lowest BCUT2D eigenvalue weighted by molar-refractivity contribution is 0.0164. The minimum absolute atomic E-state index is 0.132. The Hall–Kier alpha value is -4.78. The summed E-state index contributed by atoms with van der Waals surface area (Å²) in [4.78, 5) is 45.2. The van der Waals surface area contributed by atoms with Crippen molar-refractivity contribution < 1.29 is 19.1 Å². The number of hydrogen-bond donors (Lipinski definition) is 2. The molecule has 0 radical (unpaired) electrons. The molecule has 0 aliphatic carbocycles. The van der Waals surface area contributed by atoms with Crippen LogP contribution in [0.2, 0.25) is 0 Å². The first-order valence-corrected chi connectivity index (χ1v) is 16.4. The Balaban J connectivity index is 1.27. The van der Waals surface area contributed by atoms with E-state index in [1.165, 1.54) is 0 Å². The highest BCUT2D eigenvalue weighted by Gasteiger charge is 2.35. The molecule has 47 heavy (non-hydrogen) atoms. The van der Waals surface area contributed by atoms with Gasteiger partial charge in [0, 0.05) is 18.7 Å². The lowest BCUT2D eigenvalue weighted by atomic mass is 10.0. The summed E-state index contributed by atoms with van der Waals surface area (Å²) in [6, 6.07) is 13.8. The van der Waals surface area contributed by atoms with Crippen molar-refractivity contribution in [2.75, 3.05) is 13.1 Å². The molecule has 0 unspecified atom stereocenters. The number of H-pyrrole nitrogens is 2. The molecule has 5 rings (SSSR count). The summed E-state index contributed by atoms with van der Waals surface area (Å²) in [7, 11) is 0. The number of carbonyl (C=O) groups is 2. The molecule has 2 amide bonds. The van der Waals surface area contributed by atoms with Crippen LogP contribution >= 0.6 is 0 Å². The number of likely N-dealkylation sites (tertiary alicyclic amines) is 1. The van der Waals surface area contributed by atoms with Gasteiger partial charge in [0.2, 0.25) is 0 Å². The van der Waals surface area contributed by atoms with Crippen molar-refractivity contribution >= 4 is 23.2 Å². The van der Waals surface area contributed by atoms with Gasteiger partial charge in [-0.1, -0.05) is 31.0 Å². The molecule has 248 valence electrons. The third-order valence-electron chi connectivity index (χ3n) is 7.81. The lowest BCUT2D eigenvalue weighted by Crippen LogP contribution is -2.39. The van der Waals surface area contributed by atoms with E-state index < -0.39 is 11.2 Å². The molecule has 10 heteroatoms. The van der Waals surface area contributed by atoms with Gasteiger partial charge in [0.15, 0.2) is 0 Å². The van der Waals surface area contributed by atoms with E-state index in [1.807, 2.05) is 85.7 Å². The number of amides is 2. The molecule has 2 aromatic heterocycles. The number of rotatable bonds is 6. The van der Waals surface area contributed by atoms with Crippen molar-refractivity contribution in [1.29, 1.82) is 0 Å². The zero-order valence-electron chi connectivity index (χ0n) is 28.7. The number of aromatic nitrogens is 4. The number of fused-ring (bicyclic) bond motifs is 1. The summed E-state index contributed by atoms with van der Waals surface area (Å²) in [5.41, 5.74) is 4.31. The number of imidazole rings is 2. The first-order valence-electron chi connectivity index (χ1n) is 16.4. The Morgan fingerprint density at radius 1 is 1.00 bits per heavy atom. The van der Waals surface area contributed by atoms with E-state index in [0.29, 0.717) is 24.6 Å². The lowest BCUT2D eigenvalue weighted by Gasteiger charge is -2.30. The number of nitrogens with zero attached hydrogens (tertiary/aromatic N) is 4. The quantitative estimate of drug-likeness (QED) is 0.206. The van der Waals surface area contributed by atoms with Gasteiger partial charge < -0.3 is 19.4 Å². The predicted octanol–water partition coefficient (Wildman–Crippen LogP) is 8.13. The molecule has 0 bridgehead atoms. The number of ether oxygens (including phenoxy) is 2. The number of carbonyl (C=O) groups excluding carboxylic acids is 2. The summed E-state index contributed by atoms with van der Waals surface area (Å²) < 4.78 is 11.3. The second-order valence-electron chi connectivity index (χ2n) is 14.0. The van der Waals surface area contributed by atoms with Crippen LogP contribution in [-0.2, 0) is 9.47 Å². The van der Waals surface area contributed by atoms with Crippen LogP contribution in [0.5, 0.6) is 0 Å². The Labute approximate surface area is 277 Å². The van der Waals surface area contributed by atoms with Crippen LogP contribution in [0.4, 0.5) is 9.59 Å². The number of benzene rings is 2. The number of nitrogens with one attached hydrogen (secondary N) is 2. The summed E-state index contributed by atoms with van der Waals surface area (Å²) in [5, 5.41) is 0. The predicted molar refractivity (Wildman–Crippen MR) is 183 cm³/mol. The fourth-order valence-corrected chi connectivity index (χ4v) is 5.61. The van der Waals surface area contributed by atoms with Crippen molar-refractivity contribution in [1.82, 2.24) is 29.7 Å². The topological polar surface area (TPSA) is 116 Å². The Bertz CT molecular complexity index is 1780. The highest BCUT2D eigenvalue weighted by Crippen LogP contribution is 2.33. The molecule has 4 aromatic rings. The summed E-state index contributed by atoms with van der Waals surface area (Å²) in [6.07, 6.45) is 3.59. The zero-order chi connectivity index (χ0) is 33.9. The summed E-state index contributed by atoms with van der Waals surface area (Å²) >= 11 is 0. The molecule has 0 saturated carbocycles. The van der Waals surface area contributed by atoms with Crippen LogP contribution in [0, 0.1) is 11.8 Å². The summed E-state index contributed by atoms with van der Waals surface area (Å²) in [5.74, 6) is 7.81. The van der Waals surface area contributed by atoms with Gasteiger partial charge in [0.05, 0.1) is 29.3 Å². The van der Waals surface area contributed by atoms with Crippen LogP contribution in [0.25, 0.3) is 22.2 Å². The molecule has 3 heterocycles. The molecular formula is C37H46N6O4. The van der Waals surface area contributed by atoms with Crippen molar-refractivity contribution in [3.05, 3.63) is 71.6 Å². The van der Waals surface area contributed by atoms with Crippen molar-refractivity contribution in [3.8, 4) is 23.0 Å². The molecule has 1 fully saturated rings. The van der Waals surface area contributed by atoms with E-state index >= 15 is 0 Å². The maximum atomic E-state index is 12.8. The van der Waals surface area contributed by atoms with Gasteiger partial charge in [-0.15, -0.1) is 0 Å². The fraction of sp³-hybridized carbons (Fsp3) is 0.459. The maximum Gasteiger partial charge on any atom is 0.410 e. The Kier molecular flexibility index (Phi) is 9.66. The summed E-state index contributed by atoms with van der Waals surface area (Å²) in [6.45, 7) is 16.4. The molecule has 2 N–H and O–H groups in total. The third-order valence-corrected chi connectivity index (χ3v) is 7.81. The van der Waals surface area contributed by atoms with Crippen molar-refractivity contribution in [3.63, 3.8) is 0 Å². The van der Waals surface area contributed by atoms with Crippen LogP contribution in [0.1, 0.15) is 110 Å². The van der Waals surface area contributed by atoms with E-state index in [-0.39, 0.29) is 24.3 Å². The molecule has 1 aliphatic heterocycles. The number of hydrogen-bond acceptors (Lipinski definition) is 6. The minimum atomic E-state index is -0.574. The fourth-order valence-electron chi connectivity index (χ4n) is 5.61. The molecule has 0 spiro atoms. The Morgan fingerprint density at radius 3 is 2.38 bits per heavy atom. The molecular weight excluding hydrogens is 592 g/mol.